The van der Waals surface area contributed by atoms with Crippen LogP contribution < -0.4 is 4.90 Å². The zero-order chi connectivity index (χ0) is 16.9. The summed E-state index contributed by atoms with van der Waals surface area (Å²) in [5, 5.41) is 0. The average molecular weight is 334 g/mol. The molecule has 0 aromatic heterocycles. The summed E-state index contributed by atoms with van der Waals surface area (Å²) in [6.07, 6.45) is 5.58. The van der Waals surface area contributed by atoms with E-state index in [9.17, 15) is 4.79 Å². The lowest BCUT2D eigenvalue weighted by molar-refractivity contribution is -0.117. The summed E-state index contributed by atoms with van der Waals surface area (Å²) >= 11 is 2.00. The third-order valence-electron chi connectivity index (χ3n) is 4.54. The molecule has 1 aromatic carbocycles. The van der Waals surface area contributed by atoms with Gasteiger partial charge in [0.2, 0.25) is 5.91 Å². The van der Waals surface area contributed by atoms with E-state index >= 15 is 0 Å². The third kappa shape index (κ3) is 5.00. The lowest BCUT2D eigenvalue weighted by Gasteiger charge is -2.26. The normalized spacial score (nSPS) is 18.7. The molecule has 1 aliphatic rings. The van der Waals surface area contributed by atoms with Gasteiger partial charge in [-0.2, -0.15) is 11.8 Å². The summed E-state index contributed by atoms with van der Waals surface area (Å²) in [6.45, 7) is 8.90. The molecule has 2 nitrogen and oxygen atoms in total. The van der Waals surface area contributed by atoms with E-state index in [0.717, 1.165) is 17.9 Å². The van der Waals surface area contributed by atoms with Gasteiger partial charge in [-0.3, -0.25) is 4.79 Å². The standard InChI is InChI=1S/C20H31NOS/c1-5-6-7-14-23-15-18-12-13-19(22)21(18)17-10-8-16(9-11-17)20(2,3)4/h8-11,18H,5-7,12-15H2,1-4H3/t18-/m0/s1. The minimum atomic E-state index is 0.155. The molecule has 2 rings (SSSR count). The van der Waals surface area contributed by atoms with Crippen molar-refractivity contribution in [2.75, 3.05) is 16.4 Å². The lowest BCUT2D eigenvalue weighted by atomic mass is 9.87. The van der Waals surface area contributed by atoms with Crippen LogP contribution in [-0.2, 0) is 10.2 Å². The lowest BCUT2D eigenvalue weighted by Crippen LogP contribution is -2.34. The second-order valence-electron chi connectivity index (χ2n) is 7.54. The van der Waals surface area contributed by atoms with Gasteiger partial charge in [-0.25, -0.2) is 0 Å². The fourth-order valence-corrected chi connectivity index (χ4v) is 4.21. The van der Waals surface area contributed by atoms with E-state index in [1.165, 1.54) is 30.6 Å². The SMILES string of the molecule is CCCCCSC[C@@H]1CCC(=O)N1c1ccc(C(C)(C)C)cc1. The minimum absolute atomic E-state index is 0.155. The van der Waals surface area contributed by atoms with E-state index in [1.807, 2.05) is 16.7 Å². The highest BCUT2D eigenvalue weighted by Gasteiger charge is 2.32. The highest BCUT2D eigenvalue weighted by Crippen LogP contribution is 2.31. The summed E-state index contributed by atoms with van der Waals surface area (Å²) < 4.78 is 0. The van der Waals surface area contributed by atoms with Crippen molar-refractivity contribution in [1.29, 1.82) is 0 Å². The molecule has 0 N–H and O–H groups in total. The molecule has 1 aromatic rings. The molecule has 1 fully saturated rings. The Morgan fingerprint density at radius 3 is 2.48 bits per heavy atom. The van der Waals surface area contributed by atoms with Crippen molar-refractivity contribution < 1.29 is 4.79 Å². The Kier molecular flexibility index (Phi) is 6.58. The molecule has 0 radical (unpaired) electrons. The van der Waals surface area contributed by atoms with Crippen molar-refractivity contribution in [1.82, 2.24) is 0 Å². The van der Waals surface area contributed by atoms with Crippen LogP contribution in [0, 0.1) is 0 Å². The van der Waals surface area contributed by atoms with Gasteiger partial charge in [-0.15, -0.1) is 0 Å². The summed E-state index contributed by atoms with van der Waals surface area (Å²) in [6, 6.07) is 8.96. The third-order valence-corrected chi connectivity index (χ3v) is 5.74. The highest BCUT2D eigenvalue weighted by atomic mass is 32.2. The van der Waals surface area contributed by atoms with Gasteiger partial charge < -0.3 is 4.90 Å². The van der Waals surface area contributed by atoms with Gasteiger partial charge in [0, 0.05) is 23.9 Å². The summed E-state index contributed by atoms with van der Waals surface area (Å²) in [5.74, 6) is 2.57. The van der Waals surface area contributed by atoms with Crippen molar-refractivity contribution in [3.8, 4) is 0 Å². The number of unbranched alkanes of at least 4 members (excludes halogenated alkanes) is 2. The quantitative estimate of drug-likeness (QED) is 0.622. The molecular weight excluding hydrogens is 302 g/mol. The molecule has 0 aliphatic carbocycles. The molecule has 23 heavy (non-hydrogen) atoms. The molecule has 1 atom stereocenters. The maximum absolute atomic E-state index is 12.3. The second kappa shape index (κ2) is 8.23. The van der Waals surface area contributed by atoms with Crippen LogP contribution in [0.4, 0.5) is 5.69 Å². The van der Waals surface area contributed by atoms with Crippen molar-refractivity contribution in [3.05, 3.63) is 29.8 Å². The van der Waals surface area contributed by atoms with Gasteiger partial charge in [0.25, 0.3) is 0 Å². The van der Waals surface area contributed by atoms with Gasteiger partial charge in [0.15, 0.2) is 0 Å². The van der Waals surface area contributed by atoms with Crippen LogP contribution in [0.2, 0.25) is 0 Å². The van der Waals surface area contributed by atoms with E-state index in [2.05, 4.69) is 52.0 Å². The number of nitrogens with zero attached hydrogens (tertiary/aromatic N) is 1. The molecule has 0 spiro atoms. The predicted molar refractivity (Wildman–Crippen MR) is 103 cm³/mol. The Bertz CT molecular complexity index is 503. The van der Waals surface area contributed by atoms with Crippen LogP contribution in [0.1, 0.15) is 65.4 Å². The molecule has 0 unspecified atom stereocenters. The summed E-state index contributed by atoms with van der Waals surface area (Å²) in [4.78, 5) is 14.4. The van der Waals surface area contributed by atoms with E-state index < -0.39 is 0 Å². The fraction of sp³-hybridized carbons (Fsp3) is 0.650. The molecule has 1 amide bonds. The van der Waals surface area contributed by atoms with E-state index in [-0.39, 0.29) is 11.3 Å². The Labute approximate surface area is 146 Å². The Morgan fingerprint density at radius 2 is 1.87 bits per heavy atom. The number of rotatable bonds is 7. The smallest absolute Gasteiger partial charge is 0.227 e. The van der Waals surface area contributed by atoms with Crippen LogP contribution >= 0.6 is 11.8 Å². The first-order valence-corrected chi connectivity index (χ1v) is 10.1. The van der Waals surface area contributed by atoms with Gasteiger partial charge in [-0.05, 0) is 41.7 Å². The second-order valence-corrected chi connectivity index (χ2v) is 8.68. The first kappa shape index (κ1) is 18.4. The summed E-state index contributed by atoms with van der Waals surface area (Å²) in [5.41, 5.74) is 2.54. The maximum atomic E-state index is 12.3. The van der Waals surface area contributed by atoms with Gasteiger partial charge in [-0.1, -0.05) is 52.7 Å². The van der Waals surface area contributed by atoms with Gasteiger partial charge >= 0.3 is 0 Å². The van der Waals surface area contributed by atoms with Crippen LogP contribution in [0.3, 0.4) is 0 Å². The monoisotopic (exact) mass is 333 g/mol. The average Bonchev–Trinajstić information content (AvgIpc) is 2.87. The topological polar surface area (TPSA) is 20.3 Å². The molecule has 0 saturated carbocycles. The predicted octanol–water partition coefficient (Wildman–Crippen LogP) is 5.40. The molecule has 128 valence electrons. The van der Waals surface area contributed by atoms with Crippen molar-refractivity contribution in [2.45, 2.75) is 71.3 Å². The Hall–Kier alpha value is -0.960. The largest absolute Gasteiger partial charge is 0.309 e. The zero-order valence-electron chi connectivity index (χ0n) is 15.1. The first-order chi connectivity index (χ1) is 10.9. The van der Waals surface area contributed by atoms with Crippen LogP contribution in [0.15, 0.2) is 24.3 Å². The Balaban J connectivity index is 1.99. The number of benzene rings is 1. The number of anilines is 1. The maximum Gasteiger partial charge on any atom is 0.227 e. The van der Waals surface area contributed by atoms with E-state index in [0.29, 0.717) is 12.5 Å². The fourth-order valence-electron chi connectivity index (χ4n) is 3.05. The summed E-state index contributed by atoms with van der Waals surface area (Å²) in [7, 11) is 0. The van der Waals surface area contributed by atoms with Gasteiger partial charge in [0.05, 0.1) is 0 Å². The number of amides is 1. The van der Waals surface area contributed by atoms with Crippen LogP contribution in [-0.4, -0.2) is 23.5 Å². The van der Waals surface area contributed by atoms with Crippen LogP contribution in [0.25, 0.3) is 0 Å². The van der Waals surface area contributed by atoms with E-state index in [1.54, 1.807) is 0 Å². The molecule has 3 heteroatoms. The zero-order valence-corrected chi connectivity index (χ0v) is 15.9. The number of carbonyl (C=O) groups excluding carboxylic acids is 1. The number of hydrogen-bond acceptors (Lipinski definition) is 2. The molecule has 1 heterocycles. The number of carbonyl (C=O) groups is 1. The van der Waals surface area contributed by atoms with Gasteiger partial charge in [0.1, 0.15) is 0 Å². The van der Waals surface area contributed by atoms with E-state index in [4.69, 9.17) is 0 Å². The number of thioether (sulfide) groups is 1. The van der Waals surface area contributed by atoms with Crippen molar-refractivity contribution in [3.63, 3.8) is 0 Å². The Morgan fingerprint density at radius 1 is 1.17 bits per heavy atom. The highest BCUT2D eigenvalue weighted by molar-refractivity contribution is 7.99. The number of hydrogen-bond donors (Lipinski definition) is 0. The van der Waals surface area contributed by atoms with Crippen LogP contribution in [0.5, 0.6) is 0 Å². The molecule has 0 bridgehead atoms. The molecular formula is C20H31NOS. The van der Waals surface area contributed by atoms with Crippen molar-refractivity contribution >= 4 is 23.4 Å². The molecule has 1 saturated heterocycles. The first-order valence-electron chi connectivity index (χ1n) is 8.94. The molecule has 1 aliphatic heterocycles. The van der Waals surface area contributed by atoms with Crippen molar-refractivity contribution in [2.24, 2.45) is 0 Å². The minimum Gasteiger partial charge on any atom is -0.309 e.